The van der Waals surface area contributed by atoms with Crippen LogP contribution in [0.15, 0.2) is 0 Å². The molecule has 0 aliphatic carbocycles. The van der Waals surface area contributed by atoms with Crippen molar-refractivity contribution < 1.29 is 8.42 Å². The highest BCUT2D eigenvalue weighted by Crippen LogP contribution is 2.27. The first-order chi connectivity index (χ1) is 8.40. The van der Waals surface area contributed by atoms with Gasteiger partial charge in [0, 0.05) is 19.1 Å². The van der Waals surface area contributed by atoms with Crippen LogP contribution in [0, 0.1) is 11.8 Å². The predicted octanol–water partition coefficient (Wildman–Crippen LogP) is 1.81. The first-order valence-corrected chi connectivity index (χ1v) is 8.71. The summed E-state index contributed by atoms with van der Waals surface area (Å²) in [6.07, 6.45) is 3.76. The lowest BCUT2D eigenvalue weighted by molar-refractivity contribution is 0.197. The van der Waals surface area contributed by atoms with E-state index in [9.17, 15) is 8.42 Å². The minimum Gasteiger partial charge on any atom is -0.329 e. The van der Waals surface area contributed by atoms with Crippen molar-refractivity contribution in [1.82, 2.24) is 4.31 Å². The normalized spacial score (nSPS) is 26.7. The SMILES string of the molecule is CCC1CCN(S(=O)(=O)CCC(C)C)C(CN)C1. The number of nitrogens with two attached hydrogens (primary N) is 1. The Morgan fingerprint density at radius 2 is 2.06 bits per heavy atom. The summed E-state index contributed by atoms with van der Waals surface area (Å²) >= 11 is 0. The summed E-state index contributed by atoms with van der Waals surface area (Å²) in [5, 5.41) is 0. The van der Waals surface area contributed by atoms with E-state index in [2.05, 4.69) is 20.8 Å². The highest BCUT2D eigenvalue weighted by Gasteiger charge is 2.34. The molecule has 2 unspecified atom stereocenters. The van der Waals surface area contributed by atoms with Gasteiger partial charge in [0.25, 0.3) is 0 Å². The molecule has 1 aliphatic rings. The minimum absolute atomic E-state index is 0.0147. The molecule has 0 aromatic carbocycles. The molecule has 0 aromatic heterocycles. The molecule has 1 fully saturated rings. The summed E-state index contributed by atoms with van der Waals surface area (Å²) in [5.41, 5.74) is 5.76. The van der Waals surface area contributed by atoms with Crippen molar-refractivity contribution >= 4 is 10.0 Å². The molecule has 0 radical (unpaired) electrons. The largest absolute Gasteiger partial charge is 0.329 e. The zero-order valence-electron chi connectivity index (χ0n) is 11.9. The van der Waals surface area contributed by atoms with Crippen LogP contribution in [0.1, 0.15) is 46.5 Å². The molecule has 1 rings (SSSR count). The van der Waals surface area contributed by atoms with Crippen molar-refractivity contribution in [2.75, 3.05) is 18.8 Å². The quantitative estimate of drug-likeness (QED) is 0.805. The van der Waals surface area contributed by atoms with Crippen molar-refractivity contribution in [3.05, 3.63) is 0 Å². The van der Waals surface area contributed by atoms with Crippen LogP contribution in [0.3, 0.4) is 0 Å². The zero-order chi connectivity index (χ0) is 13.8. The van der Waals surface area contributed by atoms with Crippen molar-refractivity contribution in [3.8, 4) is 0 Å². The summed E-state index contributed by atoms with van der Waals surface area (Å²) < 4.78 is 26.3. The molecule has 2 N–H and O–H groups in total. The van der Waals surface area contributed by atoms with Crippen molar-refractivity contribution in [2.45, 2.75) is 52.5 Å². The van der Waals surface area contributed by atoms with Gasteiger partial charge in [-0.05, 0) is 31.1 Å². The maximum atomic E-state index is 12.3. The molecular weight excluding hydrogens is 248 g/mol. The average molecular weight is 276 g/mol. The van der Waals surface area contributed by atoms with E-state index in [4.69, 9.17) is 5.73 Å². The minimum atomic E-state index is -3.12. The van der Waals surface area contributed by atoms with Crippen LogP contribution in [-0.2, 0) is 10.0 Å². The van der Waals surface area contributed by atoms with Gasteiger partial charge in [0.05, 0.1) is 5.75 Å². The van der Waals surface area contributed by atoms with Crippen molar-refractivity contribution in [3.63, 3.8) is 0 Å². The highest BCUT2D eigenvalue weighted by atomic mass is 32.2. The van der Waals surface area contributed by atoms with Gasteiger partial charge in [-0.1, -0.05) is 27.2 Å². The summed E-state index contributed by atoms with van der Waals surface area (Å²) in [5.74, 6) is 1.32. The van der Waals surface area contributed by atoms with E-state index in [1.165, 1.54) is 0 Å². The van der Waals surface area contributed by atoms with Crippen LogP contribution in [-0.4, -0.2) is 37.6 Å². The van der Waals surface area contributed by atoms with E-state index in [1.807, 2.05) is 0 Å². The van der Waals surface area contributed by atoms with Gasteiger partial charge in [-0.2, -0.15) is 4.31 Å². The number of hydrogen-bond donors (Lipinski definition) is 1. The van der Waals surface area contributed by atoms with Crippen LogP contribution >= 0.6 is 0 Å². The maximum Gasteiger partial charge on any atom is 0.214 e. The van der Waals surface area contributed by atoms with Gasteiger partial charge in [0.2, 0.25) is 10.0 Å². The highest BCUT2D eigenvalue weighted by molar-refractivity contribution is 7.89. The average Bonchev–Trinajstić information content (AvgIpc) is 2.35. The van der Waals surface area contributed by atoms with Gasteiger partial charge in [0.15, 0.2) is 0 Å². The fourth-order valence-electron chi connectivity index (χ4n) is 2.57. The van der Waals surface area contributed by atoms with Gasteiger partial charge in [-0.25, -0.2) is 8.42 Å². The maximum absolute atomic E-state index is 12.3. The van der Waals surface area contributed by atoms with Gasteiger partial charge in [-0.3, -0.25) is 0 Å². The molecular formula is C13H28N2O2S. The van der Waals surface area contributed by atoms with E-state index in [0.29, 0.717) is 24.9 Å². The summed E-state index contributed by atoms with van der Waals surface area (Å²) in [4.78, 5) is 0. The van der Waals surface area contributed by atoms with E-state index < -0.39 is 10.0 Å². The second-order valence-corrected chi connectivity index (χ2v) is 7.84. The monoisotopic (exact) mass is 276 g/mol. The third-order valence-electron chi connectivity index (χ3n) is 3.93. The second-order valence-electron chi connectivity index (χ2n) is 5.80. The first kappa shape index (κ1) is 15.9. The van der Waals surface area contributed by atoms with Gasteiger partial charge >= 0.3 is 0 Å². The Balaban J connectivity index is 2.68. The summed E-state index contributed by atoms with van der Waals surface area (Å²) in [6, 6.07) is 0.0147. The standard InChI is InChI=1S/C13H28N2O2S/c1-4-12-5-7-15(13(9-12)10-14)18(16,17)8-6-11(2)3/h11-13H,4-10,14H2,1-3H3. The van der Waals surface area contributed by atoms with Crippen LogP contribution in [0.25, 0.3) is 0 Å². The van der Waals surface area contributed by atoms with E-state index in [1.54, 1.807) is 4.31 Å². The molecule has 2 atom stereocenters. The third-order valence-corrected chi connectivity index (χ3v) is 5.88. The molecule has 1 aliphatic heterocycles. The lowest BCUT2D eigenvalue weighted by Crippen LogP contribution is -2.50. The Labute approximate surface area is 112 Å². The Bertz CT molecular complexity index is 341. The van der Waals surface area contributed by atoms with Gasteiger partial charge in [0.1, 0.15) is 0 Å². The molecule has 0 aromatic rings. The molecule has 0 bridgehead atoms. The number of sulfonamides is 1. The van der Waals surface area contributed by atoms with E-state index in [-0.39, 0.29) is 11.8 Å². The van der Waals surface area contributed by atoms with E-state index >= 15 is 0 Å². The molecule has 0 saturated carbocycles. The Morgan fingerprint density at radius 3 is 2.56 bits per heavy atom. The zero-order valence-corrected chi connectivity index (χ0v) is 12.7. The van der Waals surface area contributed by atoms with Gasteiger partial charge < -0.3 is 5.73 Å². The Hall–Kier alpha value is -0.130. The molecule has 108 valence electrons. The number of nitrogens with zero attached hydrogens (tertiary/aromatic N) is 1. The summed E-state index contributed by atoms with van der Waals surface area (Å²) in [6.45, 7) is 7.37. The van der Waals surface area contributed by atoms with Crippen molar-refractivity contribution in [1.29, 1.82) is 0 Å². The molecule has 18 heavy (non-hydrogen) atoms. The number of piperidine rings is 1. The molecule has 4 nitrogen and oxygen atoms in total. The smallest absolute Gasteiger partial charge is 0.214 e. The summed E-state index contributed by atoms with van der Waals surface area (Å²) in [7, 11) is -3.12. The van der Waals surface area contributed by atoms with Crippen LogP contribution in [0.2, 0.25) is 0 Å². The second kappa shape index (κ2) is 6.87. The molecule has 0 spiro atoms. The fraction of sp³-hybridized carbons (Fsp3) is 1.00. The molecule has 1 heterocycles. The molecule has 0 amide bonds. The third kappa shape index (κ3) is 4.21. The predicted molar refractivity (Wildman–Crippen MR) is 75.8 cm³/mol. The van der Waals surface area contributed by atoms with Crippen LogP contribution in [0.4, 0.5) is 0 Å². The van der Waals surface area contributed by atoms with Crippen molar-refractivity contribution in [2.24, 2.45) is 17.6 Å². The first-order valence-electron chi connectivity index (χ1n) is 7.10. The fourth-order valence-corrected chi connectivity index (χ4v) is 4.58. The lowest BCUT2D eigenvalue weighted by Gasteiger charge is -2.37. The molecule has 1 saturated heterocycles. The number of hydrogen-bond acceptors (Lipinski definition) is 3. The Morgan fingerprint density at radius 1 is 1.39 bits per heavy atom. The number of rotatable bonds is 6. The van der Waals surface area contributed by atoms with E-state index in [0.717, 1.165) is 25.7 Å². The molecule has 5 heteroatoms. The van der Waals surface area contributed by atoms with Gasteiger partial charge in [-0.15, -0.1) is 0 Å². The lowest BCUT2D eigenvalue weighted by atomic mass is 9.90. The van der Waals surface area contributed by atoms with Crippen LogP contribution < -0.4 is 5.73 Å². The van der Waals surface area contributed by atoms with Crippen LogP contribution in [0.5, 0.6) is 0 Å². The topological polar surface area (TPSA) is 63.4 Å². The Kier molecular flexibility index (Phi) is 6.08.